The lowest BCUT2D eigenvalue weighted by molar-refractivity contribution is -0.180. The number of ether oxygens (including phenoxy) is 2. The number of rotatable bonds is 33. The van der Waals surface area contributed by atoms with Crippen LogP contribution in [0.4, 0.5) is 0 Å². The van der Waals surface area contributed by atoms with Crippen LogP contribution in [0.15, 0.2) is 36.5 Å². The molecule has 1 heterocycles. The predicted molar refractivity (Wildman–Crippen MR) is 221 cm³/mol. The molecule has 5 unspecified atom stereocenters. The van der Waals surface area contributed by atoms with Crippen LogP contribution in [0.1, 0.15) is 213 Å². The van der Waals surface area contributed by atoms with E-state index in [1.165, 1.54) is 173 Å². The van der Waals surface area contributed by atoms with Gasteiger partial charge in [-0.15, -0.1) is 0 Å². The molecule has 1 aliphatic heterocycles. The highest BCUT2D eigenvalue weighted by Crippen LogP contribution is 2.39. The Labute approximate surface area is 313 Å². The molecule has 0 bridgehead atoms. The minimum Gasteiger partial charge on any atom is -0.347 e. The van der Waals surface area contributed by atoms with Crippen LogP contribution in [0.3, 0.4) is 0 Å². The standard InChI is InChI=1S/C47H87NO2/c1-6-8-10-12-14-15-16-17-18-19-20-21-22-24-28-32-38-47(49-42-46(50-47)41-44-36-37-45(40-44)48(4)5)39-33-29-25-23-27-31-35-43(3)34-30-26-13-11-9-7-2/h14-15,17-18,26,30,43-46H,6-13,16,19-25,27-29,31-42H2,1-5H3/b15-14-,18-17-,30-26-. The lowest BCUT2D eigenvalue weighted by atomic mass is 9.97. The third-order valence-electron chi connectivity index (χ3n) is 11.7. The Balaban J connectivity index is 1.61. The SMILES string of the molecule is CCCCC/C=C\C/C=C\CCCCCCCCC1(CCCCCCCCC(C)C/C=C\CCCCC)OCC(CC2CCC(N(C)C)C2)O1. The highest BCUT2D eigenvalue weighted by molar-refractivity contribution is 4.93. The second-order valence-corrected chi connectivity index (χ2v) is 16.8. The molecule has 292 valence electrons. The summed E-state index contributed by atoms with van der Waals surface area (Å²) in [5.74, 6) is 1.33. The van der Waals surface area contributed by atoms with Crippen LogP contribution < -0.4 is 0 Å². The van der Waals surface area contributed by atoms with Crippen molar-refractivity contribution in [3.8, 4) is 0 Å². The molecule has 1 saturated carbocycles. The zero-order valence-electron chi connectivity index (χ0n) is 34.5. The van der Waals surface area contributed by atoms with Gasteiger partial charge in [0.1, 0.15) is 0 Å². The zero-order valence-corrected chi connectivity index (χ0v) is 34.5. The van der Waals surface area contributed by atoms with Crippen LogP contribution in [-0.4, -0.2) is 43.5 Å². The first kappa shape index (κ1) is 45.3. The molecule has 2 aliphatic rings. The Kier molecular flexibility index (Phi) is 27.7. The molecule has 0 aromatic heterocycles. The van der Waals surface area contributed by atoms with E-state index in [9.17, 15) is 0 Å². The van der Waals surface area contributed by atoms with Crippen molar-refractivity contribution in [2.75, 3.05) is 20.7 Å². The summed E-state index contributed by atoms with van der Waals surface area (Å²) in [5.41, 5.74) is 0. The molecule has 0 aromatic carbocycles. The number of hydrogen-bond donors (Lipinski definition) is 0. The fraction of sp³-hybridized carbons (Fsp3) is 0.872. The lowest BCUT2D eigenvalue weighted by Gasteiger charge is -2.29. The highest BCUT2D eigenvalue weighted by atomic mass is 16.7. The monoisotopic (exact) mass is 698 g/mol. The Morgan fingerprint density at radius 3 is 1.76 bits per heavy atom. The van der Waals surface area contributed by atoms with E-state index in [4.69, 9.17) is 9.47 Å². The molecule has 2 fully saturated rings. The molecule has 3 nitrogen and oxygen atoms in total. The van der Waals surface area contributed by atoms with Gasteiger partial charge < -0.3 is 14.4 Å². The second-order valence-electron chi connectivity index (χ2n) is 16.8. The molecule has 0 aromatic rings. The van der Waals surface area contributed by atoms with E-state index >= 15 is 0 Å². The second kappa shape index (κ2) is 30.6. The van der Waals surface area contributed by atoms with E-state index in [1.54, 1.807) is 0 Å². The van der Waals surface area contributed by atoms with E-state index in [2.05, 4.69) is 76.2 Å². The molecule has 2 rings (SSSR count). The van der Waals surface area contributed by atoms with E-state index in [0.29, 0.717) is 6.10 Å². The maximum atomic E-state index is 6.91. The highest BCUT2D eigenvalue weighted by Gasteiger charge is 2.42. The van der Waals surface area contributed by atoms with Gasteiger partial charge in [-0.3, -0.25) is 0 Å². The van der Waals surface area contributed by atoms with Gasteiger partial charge in [0, 0.05) is 18.9 Å². The maximum Gasteiger partial charge on any atom is 0.168 e. The first-order valence-corrected chi connectivity index (χ1v) is 22.4. The van der Waals surface area contributed by atoms with E-state index in [-0.39, 0.29) is 5.79 Å². The van der Waals surface area contributed by atoms with Gasteiger partial charge in [0.2, 0.25) is 0 Å². The average Bonchev–Trinajstić information content (AvgIpc) is 3.75. The van der Waals surface area contributed by atoms with Crippen molar-refractivity contribution in [2.45, 2.75) is 231 Å². The van der Waals surface area contributed by atoms with Crippen LogP contribution in [0.5, 0.6) is 0 Å². The number of nitrogens with zero attached hydrogens (tertiary/aromatic N) is 1. The Bertz CT molecular complexity index is 848. The van der Waals surface area contributed by atoms with Gasteiger partial charge in [0.05, 0.1) is 12.7 Å². The molecule has 1 aliphatic carbocycles. The summed E-state index contributed by atoms with van der Waals surface area (Å²) >= 11 is 0. The summed E-state index contributed by atoms with van der Waals surface area (Å²) in [7, 11) is 4.49. The summed E-state index contributed by atoms with van der Waals surface area (Å²) in [4.78, 5) is 2.43. The number of allylic oxidation sites excluding steroid dienone is 6. The topological polar surface area (TPSA) is 21.7 Å². The molecule has 5 atom stereocenters. The van der Waals surface area contributed by atoms with Crippen molar-refractivity contribution in [3.63, 3.8) is 0 Å². The molecule has 0 spiro atoms. The fourth-order valence-corrected chi connectivity index (χ4v) is 8.28. The van der Waals surface area contributed by atoms with Crippen LogP contribution in [0.2, 0.25) is 0 Å². The van der Waals surface area contributed by atoms with Crippen LogP contribution in [0, 0.1) is 11.8 Å². The Morgan fingerprint density at radius 1 is 0.640 bits per heavy atom. The molecule has 0 radical (unpaired) electrons. The molecule has 3 heteroatoms. The average molecular weight is 698 g/mol. The van der Waals surface area contributed by atoms with Crippen molar-refractivity contribution < 1.29 is 9.47 Å². The van der Waals surface area contributed by atoms with Crippen LogP contribution >= 0.6 is 0 Å². The molecular formula is C47H87NO2. The molecule has 0 N–H and O–H groups in total. The van der Waals surface area contributed by atoms with Gasteiger partial charge in [0.15, 0.2) is 5.79 Å². The van der Waals surface area contributed by atoms with Crippen molar-refractivity contribution in [1.29, 1.82) is 0 Å². The van der Waals surface area contributed by atoms with Crippen molar-refractivity contribution in [1.82, 2.24) is 4.90 Å². The van der Waals surface area contributed by atoms with E-state index in [0.717, 1.165) is 43.7 Å². The molecule has 0 amide bonds. The van der Waals surface area contributed by atoms with Gasteiger partial charge in [0.25, 0.3) is 0 Å². The Hall–Kier alpha value is -0.900. The fourth-order valence-electron chi connectivity index (χ4n) is 8.28. The van der Waals surface area contributed by atoms with Gasteiger partial charge in [-0.1, -0.05) is 147 Å². The summed E-state index contributed by atoms with van der Waals surface area (Å²) in [5, 5.41) is 0. The van der Waals surface area contributed by atoms with Gasteiger partial charge in [-0.05, 0) is 116 Å². The van der Waals surface area contributed by atoms with Crippen molar-refractivity contribution in [3.05, 3.63) is 36.5 Å². The smallest absolute Gasteiger partial charge is 0.168 e. The quantitative estimate of drug-likeness (QED) is 0.0503. The summed E-state index contributed by atoms with van der Waals surface area (Å²) in [6, 6.07) is 0.755. The summed E-state index contributed by atoms with van der Waals surface area (Å²) in [6.07, 6.45) is 53.7. The summed E-state index contributed by atoms with van der Waals surface area (Å²) in [6.45, 7) is 7.81. The Morgan fingerprint density at radius 2 is 1.18 bits per heavy atom. The largest absolute Gasteiger partial charge is 0.347 e. The molecular weight excluding hydrogens is 611 g/mol. The molecule has 1 saturated heterocycles. The third-order valence-corrected chi connectivity index (χ3v) is 11.7. The first-order valence-electron chi connectivity index (χ1n) is 22.4. The minimum absolute atomic E-state index is 0.304. The van der Waals surface area contributed by atoms with E-state index < -0.39 is 0 Å². The van der Waals surface area contributed by atoms with E-state index in [1.807, 2.05) is 0 Å². The molecule has 50 heavy (non-hydrogen) atoms. The lowest BCUT2D eigenvalue weighted by Crippen LogP contribution is -2.31. The minimum atomic E-state index is -0.307. The van der Waals surface area contributed by atoms with Crippen LogP contribution in [-0.2, 0) is 9.47 Å². The first-order chi connectivity index (χ1) is 24.5. The predicted octanol–water partition coefficient (Wildman–Crippen LogP) is 14.7. The van der Waals surface area contributed by atoms with Crippen molar-refractivity contribution in [2.24, 2.45) is 11.8 Å². The zero-order chi connectivity index (χ0) is 36.0. The van der Waals surface area contributed by atoms with Crippen molar-refractivity contribution >= 4 is 0 Å². The van der Waals surface area contributed by atoms with Crippen LogP contribution in [0.25, 0.3) is 0 Å². The normalized spacial score (nSPS) is 23.5. The third kappa shape index (κ3) is 22.9. The van der Waals surface area contributed by atoms with Gasteiger partial charge in [-0.25, -0.2) is 0 Å². The van der Waals surface area contributed by atoms with Gasteiger partial charge in [-0.2, -0.15) is 0 Å². The number of hydrogen-bond acceptors (Lipinski definition) is 3. The maximum absolute atomic E-state index is 6.91. The van der Waals surface area contributed by atoms with Gasteiger partial charge >= 0.3 is 0 Å². The number of unbranched alkanes of at least 4 members (excludes halogenated alkanes) is 17. The summed E-state index contributed by atoms with van der Waals surface area (Å²) < 4.78 is 13.6.